The van der Waals surface area contributed by atoms with Crippen LogP contribution in [0.4, 0.5) is 4.39 Å². The molecular weight excluding hydrogens is 153 g/mol. The normalized spacial score (nSPS) is 33.1. The van der Waals surface area contributed by atoms with Crippen molar-refractivity contribution < 1.29 is 4.39 Å². The summed E-state index contributed by atoms with van der Waals surface area (Å²) in [4.78, 5) is -0.872. The standard InChI is InChI=1S/C7H9ClFN/c1-7(8)3-2-5(10)4-6(7)9/h2,4H,3,10H2,1H3. The number of hydrogen-bond donors (Lipinski definition) is 1. The van der Waals surface area contributed by atoms with Gasteiger partial charge in [0.25, 0.3) is 0 Å². The Hall–Kier alpha value is -0.500. The molecule has 56 valence electrons. The van der Waals surface area contributed by atoms with Crippen LogP contribution in [0.2, 0.25) is 0 Å². The van der Waals surface area contributed by atoms with Gasteiger partial charge in [0.15, 0.2) is 0 Å². The molecule has 0 aromatic carbocycles. The van der Waals surface area contributed by atoms with Crippen molar-refractivity contribution in [3.63, 3.8) is 0 Å². The molecule has 1 aliphatic rings. The van der Waals surface area contributed by atoms with Crippen molar-refractivity contribution in [2.24, 2.45) is 5.73 Å². The van der Waals surface area contributed by atoms with Gasteiger partial charge in [-0.15, -0.1) is 11.6 Å². The van der Waals surface area contributed by atoms with E-state index in [2.05, 4.69) is 0 Å². The third kappa shape index (κ3) is 1.32. The predicted molar refractivity (Wildman–Crippen MR) is 40.3 cm³/mol. The van der Waals surface area contributed by atoms with Gasteiger partial charge in [-0.3, -0.25) is 0 Å². The molecule has 0 saturated carbocycles. The Morgan fingerprint density at radius 3 is 2.80 bits per heavy atom. The Labute approximate surface area is 64.4 Å². The summed E-state index contributed by atoms with van der Waals surface area (Å²) in [6.45, 7) is 1.63. The molecule has 1 unspecified atom stereocenters. The summed E-state index contributed by atoms with van der Waals surface area (Å²) in [6, 6.07) is 0. The third-order valence-corrected chi connectivity index (χ3v) is 1.85. The average Bonchev–Trinajstić information content (AvgIpc) is 1.81. The Kier molecular flexibility index (Phi) is 1.73. The van der Waals surface area contributed by atoms with Crippen LogP contribution in [0.1, 0.15) is 13.3 Å². The predicted octanol–water partition coefficient (Wildman–Crippen LogP) is 2.08. The van der Waals surface area contributed by atoms with Crippen LogP contribution < -0.4 is 5.73 Å². The molecule has 3 heteroatoms. The molecule has 1 nitrogen and oxygen atoms in total. The van der Waals surface area contributed by atoms with Gasteiger partial charge in [0.05, 0.1) is 4.87 Å². The van der Waals surface area contributed by atoms with E-state index in [0.717, 1.165) is 0 Å². The molecule has 0 aromatic heterocycles. The zero-order valence-electron chi connectivity index (χ0n) is 5.70. The third-order valence-electron chi connectivity index (χ3n) is 1.51. The minimum atomic E-state index is -0.872. The lowest BCUT2D eigenvalue weighted by Gasteiger charge is -2.21. The second kappa shape index (κ2) is 2.27. The minimum absolute atomic E-state index is 0.353. The molecule has 0 heterocycles. The van der Waals surface area contributed by atoms with Gasteiger partial charge in [-0.1, -0.05) is 6.08 Å². The summed E-state index contributed by atoms with van der Waals surface area (Å²) in [5, 5.41) is 0. The van der Waals surface area contributed by atoms with E-state index in [-0.39, 0.29) is 5.83 Å². The lowest BCUT2D eigenvalue weighted by atomic mass is 9.99. The van der Waals surface area contributed by atoms with Crippen molar-refractivity contribution in [1.82, 2.24) is 0 Å². The summed E-state index contributed by atoms with van der Waals surface area (Å²) in [7, 11) is 0. The molecule has 10 heavy (non-hydrogen) atoms. The monoisotopic (exact) mass is 161 g/mol. The first-order valence-electron chi connectivity index (χ1n) is 3.04. The molecule has 0 aromatic rings. The second-order valence-electron chi connectivity index (χ2n) is 2.60. The number of hydrogen-bond acceptors (Lipinski definition) is 1. The number of allylic oxidation sites excluding steroid dienone is 3. The highest BCUT2D eigenvalue weighted by Crippen LogP contribution is 2.33. The van der Waals surface area contributed by atoms with Gasteiger partial charge >= 0.3 is 0 Å². The van der Waals surface area contributed by atoms with Gasteiger partial charge in [0.2, 0.25) is 0 Å². The molecular formula is C7H9ClFN. The average molecular weight is 162 g/mol. The molecule has 0 bridgehead atoms. The van der Waals surface area contributed by atoms with Gasteiger partial charge in [-0.05, 0) is 19.4 Å². The fraction of sp³-hybridized carbons (Fsp3) is 0.429. The Bertz CT molecular complexity index is 206. The van der Waals surface area contributed by atoms with Gasteiger partial charge in [0, 0.05) is 5.70 Å². The molecule has 2 N–H and O–H groups in total. The zero-order chi connectivity index (χ0) is 7.78. The minimum Gasteiger partial charge on any atom is -0.399 e. The maximum atomic E-state index is 12.8. The van der Waals surface area contributed by atoms with E-state index in [9.17, 15) is 4.39 Å². The fourth-order valence-electron chi connectivity index (χ4n) is 0.763. The smallest absolute Gasteiger partial charge is 0.123 e. The highest BCUT2D eigenvalue weighted by molar-refractivity contribution is 6.25. The van der Waals surface area contributed by atoms with Crippen LogP contribution in [0.3, 0.4) is 0 Å². The molecule has 0 amide bonds. The molecule has 0 spiro atoms. The number of nitrogens with two attached hydrogens (primary N) is 1. The second-order valence-corrected chi connectivity index (χ2v) is 3.43. The first-order valence-corrected chi connectivity index (χ1v) is 3.42. The molecule has 1 rings (SSSR count). The first kappa shape index (κ1) is 7.61. The quantitative estimate of drug-likeness (QED) is 0.541. The molecule has 0 radical (unpaired) electrons. The van der Waals surface area contributed by atoms with Crippen LogP contribution in [0, 0.1) is 0 Å². The molecule has 0 fully saturated rings. The number of alkyl halides is 1. The lowest BCUT2D eigenvalue weighted by Crippen LogP contribution is -2.20. The SMILES string of the molecule is CC1(Cl)CC=C(N)C=C1F. The van der Waals surface area contributed by atoms with Crippen molar-refractivity contribution in [2.75, 3.05) is 0 Å². The van der Waals surface area contributed by atoms with Crippen molar-refractivity contribution in [3.8, 4) is 0 Å². The van der Waals surface area contributed by atoms with Gasteiger partial charge in [-0.25, -0.2) is 4.39 Å². The van der Waals surface area contributed by atoms with Gasteiger partial charge in [-0.2, -0.15) is 0 Å². The van der Waals surface area contributed by atoms with E-state index < -0.39 is 4.87 Å². The number of halogens is 2. The van der Waals surface area contributed by atoms with E-state index in [4.69, 9.17) is 17.3 Å². The van der Waals surface area contributed by atoms with Crippen molar-refractivity contribution >= 4 is 11.6 Å². The Morgan fingerprint density at radius 1 is 1.80 bits per heavy atom. The highest BCUT2D eigenvalue weighted by Gasteiger charge is 2.27. The number of rotatable bonds is 0. The maximum Gasteiger partial charge on any atom is 0.123 e. The molecule has 0 saturated heterocycles. The summed E-state index contributed by atoms with van der Waals surface area (Å²) < 4.78 is 12.8. The van der Waals surface area contributed by atoms with Crippen molar-refractivity contribution in [2.45, 2.75) is 18.2 Å². The van der Waals surface area contributed by atoms with Gasteiger partial charge < -0.3 is 5.73 Å². The lowest BCUT2D eigenvalue weighted by molar-refractivity contribution is 0.512. The summed E-state index contributed by atoms with van der Waals surface area (Å²) in [5.74, 6) is -0.353. The summed E-state index contributed by atoms with van der Waals surface area (Å²) in [5.41, 5.74) is 5.79. The fourth-order valence-corrected chi connectivity index (χ4v) is 0.894. The van der Waals surface area contributed by atoms with E-state index >= 15 is 0 Å². The van der Waals surface area contributed by atoms with E-state index in [1.54, 1.807) is 13.0 Å². The van der Waals surface area contributed by atoms with Crippen LogP contribution in [-0.4, -0.2) is 4.87 Å². The van der Waals surface area contributed by atoms with Crippen LogP contribution in [0.5, 0.6) is 0 Å². The van der Waals surface area contributed by atoms with E-state index in [0.29, 0.717) is 12.1 Å². The Morgan fingerprint density at radius 2 is 2.40 bits per heavy atom. The van der Waals surface area contributed by atoms with Crippen LogP contribution in [0.25, 0.3) is 0 Å². The molecule has 1 aliphatic carbocycles. The van der Waals surface area contributed by atoms with Gasteiger partial charge in [0.1, 0.15) is 5.83 Å². The first-order chi connectivity index (χ1) is 4.52. The van der Waals surface area contributed by atoms with E-state index in [1.165, 1.54) is 6.08 Å². The highest BCUT2D eigenvalue weighted by atomic mass is 35.5. The van der Waals surface area contributed by atoms with Crippen LogP contribution in [0.15, 0.2) is 23.7 Å². The van der Waals surface area contributed by atoms with Crippen LogP contribution in [-0.2, 0) is 0 Å². The maximum absolute atomic E-state index is 12.8. The summed E-state index contributed by atoms with van der Waals surface area (Å²) >= 11 is 5.74. The topological polar surface area (TPSA) is 26.0 Å². The zero-order valence-corrected chi connectivity index (χ0v) is 6.45. The van der Waals surface area contributed by atoms with Crippen LogP contribution >= 0.6 is 11.6 Å². The van der Waals surface area contributed by atoms with E-state index in [1.807, 2.05) is 0 Å². The molecule has 1 atom stereocenters. The largest absolute Gasteiger partial charge is 0.399 e. The molecule has 0 aliphatic heterocycles. The summed E-state index contributed by atoms with van der Waals surface area (Å²) in [6.07, 6.45) is 3.44. The Balaban J connectivity index is 2.88. The van der Waals surface area contributed by atoms with Crippen molar-refractivity contribution in [1.29, 1.82) is 0 Å². The van der Waals surface area contributed by atoms with Crippen molar-refractivity contribution in [3.05, 3.63) is 23.7 Å².